The normalized spacial score (nSPS) is 17.4. The van der Waals surface area contributed by atoms with Crippen molar-refractivity contribution in [3.05, 3.63) is 53.9 Å². The van der Waals surface area contributed by atoms with Crippen LogP contribution in [0.2, 0.25) is 0 Å². The van der Waals surface area contributed by atoms with Crippen LogP contribution in [0.25, 0.3) is 0 Å². The van der Waals surface area contributed by atoms with Crippen LogP contribution in [0.5, 0.6) is 0 Å². The molecule has 1 saturated heterocycles. The van der Waals surface area contributed by atoms with E-state index in [0.717, 1.165) is 11.1 Å². The summed E-state index contributed by atoms with van der Waals surface area (Å²) in [6.45, 7) is -0.748. The predicted octanol–water partition coefficient (Wildman–Crippen LogP) is 1.96. The number of hydrogen-bond donors (Lipinski definition) is 1. The maximum absolute atomic E-state index is 12.5. The van der Waals surface area contributed by atoms with Gasteiger partial charge in [-0.15, -0.1) is 0 Å². The third kappa shape index (κ3) is 5.08. The van der Waals surface area contributed by atoms with Gasteiger partial charge in [-0.1, -0.05) is 24.3 Å². The topological polar surface area (TPSA) is 67.2 Å². The number of rotatable bonds is 6. The minimum Gasteiger partial charge on any atom is -0.352 e. The summed E-state index contributed by atoms with van der Waals surface area (Å²) < 4.78 is 39.2. The van der Waals surface area contributed by atoms with Crippen molar-refractivity contribution >= 4 is 11.8 Å². The molecule has 3 rings (SSSR count). The quantitative estimate of drug-likeness (QED) is 0.833. The van der Waals surface area contributed by atoms with Crippen LogP contribution >= 0.6 is 0 Å². The lowest BCUT2D eigenvalue weighted by molar-refractivity contribution is -0.157. The standard InChI is InChI=1S/C18H19F3N4O2/c19-18(20,21)12-24-10-15(8-16(24)26)17(27)22-9-13-4-1-2-5-14(13)11-25-7-3-6-23-25/h1-7,15H,8-12H2,(H,22,27). The number of benzene rings is 1. The first-order valence-corrected chi connectivity index (χ1v) is 8.48. The maximum atomic E-state index is 12.5. The highest BCUT2D eigenvalue weighted by molar-refractivity contribution is 5.89. The van der Waals surface area contributed by atoms with E-state index in [2.05, 4.69) is 10.4 Å². The van der Waals surface area contributed by atoms with E-state index in [1.165, 1.54) is 0 Å². The van der Waals surface area contributed by atoms with Gasteiger partial charge in [0.2, 0.25) is 11.8 Å². The molecule has 1 aliphatic heterocycles. The molecule has 0 aliphatic carbocycles. The summed E-state index contributed by atoms with van der Waals surface area (Å²) in [6.07, 6.45) is -1.16. The lowest BCUT2D eigenvalue weighted by Crippen LogP contribution is -2.37. The van der Waals surface area contributed by atoms with Crippen LogP contribution in [0.1, 0.15) is 17.5 Å². The Kier molecular flexibility index (Phi) is 5.48. The molecule has 2 heterocycles. The highest BCUT2D eigenvalue weighted by atomic mass is 19.4. The Bertz CT molecular complexity index is 805. The fourth-order valence-electron chi connectivity index (χ4n) is 3.10. The average molecular weight is 380 g/mol. The molecular formula is C18H19F3N4O2. The predicted molar refractivity (Wildman–Crippen MR) is 90.4 cm³/mol. The van der Waals surface area contributed by atoms with E-state index in [1.54, 1.807) is 10.9 Å². The van der Waals surface area contributed by atoms with E-state index in [4.69, 9.17) is 0 Å². The van der Waals surface area contributed by atoms with Crippen LogP contribution in [-0.2, 0) is 22.7 Å². The molecule has 2 aromatic rings. The van der Waals surface area contributed by atoms with Crippen LogP contribution in [-0.4, -0.2) is 45.8 Å². The zero-order valence-electron chi connectivity index (χ0n) is 14.4. The van der Waals surface area contributed by atoms with Gasteiger partial charge in [0, 0.05) is 31.9 Å². The van der Waals surface area contributed by atoms with Gasteiger partial charge in [0.25, 0.3) is 0 Å². The van der Waals surface area contributed by atoms with Gasteiger partial charge in [-0.05, 0) is 17.2 Å². The smallest absolute Gasteiger partial charge is 0.352 e. The number of aromatic nitrogens is 2. The Balaban J connectivity index is 1.58. The number of halogens is 3. The second kappa shape index (κ2) is 7.81. The van der Waals surface area contributed by atoms with Gasteiger partial charge in [0.15, 0.2) is 0 Å². The molecule has 0 saturated carbocycles. The number of carbonyl (C=O) groups excluding carboxylic acids is 2. The minimum atomic E-state index is -4.47. The molecule has 1 aliphatic rings. The van der Waals surface area contributed by atoms with Crippen molar-refractivity contribution in [3.8, 4) is 0 Å². The molecule has 0 spiro atoms. The Morgan fingerprint density at radius 3 is 2.63 bits per heavy atom. The van der Waals surface area contributed by atoms with Gasteiger partial charge >= 0.3 is 6.18 Å². The third-order valence-corrected chi connectivity index (χ3v) is 4.42. The Hall–Kier alpha value is -2.84. The highest BCUT2D eigenvalue weighted by Gasteiger charge is 2.40. The summed E-state index contributed by atoms with van der Waals surface area (Å²) in [5.74, 6) is -1.83. The molecule has 9 heteroatoms. The van der Waals surface area contributed by atoms with Crippen molar-refractivity contribution in [3.63, 3.8) is 0 Å². The summed E-state index contributed by atoms with van der Waals surface area (Å²) >= 11 is 0. The monoisotopic (exact) mass is 380 g/mol. The number of hydrogen-bond acceptors (Lipinski definition) is 3. The summed E-state index contributed by atoms with van der Waals surface area (Å²) in [5, 5.41) is 6.89. The molecule has 1 unspecified atom stereocenters. The molecule has 6 nitrogen and oxygen atoms in total. The molecule has 1 aromatic heterocycles. The maximum Gasteiger partial charge on any atom is 0.406 e. The van der Waals surface area contributed by atoms with Gasteiger partial charge in [0.05, 0.1) is 12.5 Å². The second-order valence-corrected chi connectivity index (χ2v) is 6.48. The van der Waals surface area contributed by atoms with E-state index in [-0.39, 0.29) is 19.5 Å². The summed E-state index contributed by atoms with van der Waals surface area (Å²) in [5.41, 5.74) is 1.86. The molecule has 0 radical (unpaired) electrons. The summed E-state index contributed by atoms with van der Waals surface area (Å²) in [6, 6.07) is 9.34. The first kappa shape index (κ1) is 18.9. The van der Waals surface area contributed by atoms with Gasteiger partial charge in [-0.25, -0.2) is 0 Å². The molecule has 144 valence electrons. The van der Waals surface area contributed by atoms with Gasteiger partial charge in [0.1, 0.15) is 6.54 Å². The molecule has 1 atom stereocenters. The summed E-state index contributed by atoms with van der Waals surface area (Å²) in [4.78, 5) is 24.7. The average Bonchev–Trinajstić information content (AvgIpc) is 3.23. The van der Waals surface area contributed by atoms with Crippen LogP contribution in [0.3, 0.4) is 0 Å². The molecule has 27 heavy (non-hydrogen) atoms. The van der Waals surface area contributed by atoms with E-state index >= 15 is 0 Å². The van der Waals surface area contributed by atoms with Crippen LogP contribution < -0.4 is 5.32 Å². The Morgan fingerprint density at radius 1 is 1.22 bits per heavy atom. The van der Waals surface area contributed by atoms with E-state index in [1.807, 2.05) is 36.5 Å². The number of amides is 2. The Labute approximate surface area is 154 Å². The number of carbonyl (C=O) groups is 2. The number of alkyl halides is 3. The molecule has 0 bridgehead atoms. The largest absolute Gasteiger partial charge is 0.406 e. The van der Waals surface area contributed by atoms with E-state index in [0.29, 0.717) is 11.4 Å². The van der Waals surface area contributed by atoms with Crippen LogP contribution in [0.15, 0.2) is 42.7 Å². The van der Waals surface area contributed by atoms with Gasteiger partial charge in [-0.3, -0.25) is 14.3 Å². The number of likely N-dealkylation sites (tertiary alicyclic amines) is 1. The molecule has 1 N–H and O–H groups in total. The van der Waals surface area contributed by atoms with Gasteiger partial charge < -0.3 is 10.2 Å². The minimum absolute atomic E-state index is 0.198. The third-order valence-electron chi connectivity index (χ3n) is 4.42. The molecule has 1 aromatic carbocycles. The lowest BCUT2D eigenvalue weighted by Gasteiger charge is -2.18. The highest BCUT2D eigenvalue weighted by Crippen LogP contribution is 2.24. The number of nitrogens with one attached hydrogen (secondary N) is 1. The first-order chi connectivity index (χ1) is 12.8. The molecular weight excluding hydrogens is 361 g/mol. The Morgan fingerprint density at radius 2 is 1.96 bits per heavy atom. The van der Waals surface area contributed by atoms with Crippen molar-refractivity contribution in [2.45, 2.75) is 25.7 Å². The first-order valence-electron chi connectivity index (χ1n) is 8.48. The van der Waals surface area contributed by atoms with Gasteiger partial charge in [-0.2, -0.15) is 18.3 Å². The van der Waals surface area contributed by atoms with Crippen molar-refractivity contribution in [2.75, 3.05) is 13.1 Å². The number of nitrogens with zero attached hydrogens (tertiary/aromatic N) is 3. The summed E-state index contributed by atoms with van der Waals surface area (Å²) in [7, 11) is 0. The zero-order valence-corrected chi connectivity index (χ0v) is 14.4. The van der Waals surface area contributed by atoms with Crippen LogP contribution in [0, 0.1) is 5.92 Å². The van der Waals surface area contributed by atoms with E-state index < -0.39 is 30.5 Å². The molecule has 1 fully saturated rings. The SMILES string of the molecule is O=C(NCc1ccccc1Cn1cccn1)C1CC(=O)N(CC(F)(F)F)C1. The van der Waals surface area contributed by atoms with Crippen molar-refractivity contribution in [1.29, 1.82) is 0 Å². The van der Waals surface area contributed by atoms with E-state index in [9.17, 15) is 22.8 Å². The van der Waals surface area contributed by atoms with Crippen LogP contribution in [0.4, 0.5) is 13.2 Å². The molecule has 2 amide bonds. The fourth-order valence-corrected chi connectivity index (χ4v) is 3.10. The fraction of sp³-hybridized carbons (Fsp3) is 0.389. The lowest BCUT2D eigenvalue weighted by atomic mass is 10.1. The second-order valence-electron chi connectivity index (χ2n) is 6.48. The van der Waals surface area contributed by atoms with Crippen molar-refractivity contribution in [1.82, 2.24) is 20.0 Å². The van der Waals surface area contributed by atoms with Crippen molar-refractivity contribution in [2.24, 2.45) is 5.92 Å². The van der Waals surface area contributed by atoms with Crippen molar-refractivity contribution < 1.29 is 22.8 Å². The zero-order chi connectivity index (χ0) is 19.4.